The van der Waals surface area contributed by atoms with Crippen molar-refractivity contribution in [1.82, 2.24) is 0 Å². The number of nitrogens with zero attached hydrogens (tertiary/aromatic N) is 1. The van der Waals surface area contributed by atoms with Gasteiger partial charge in [-0.1, -0.05) is 6.07 Å². The minimum absolute atomic E-state index is 0.215. The monoisotopic (exact) mass is 368 g/mol. The largest absolute Gasteiger partial charge is 0.462 e. The van der Waals surface area contributed by atoms with Crippen molar-refractivity contribution in [2.75, 3.05) is 43.1 Å². The van der Waals surface area contributed by atoms with Crippen LogP contribution in [0.15, 0.2) is 42.5 Å². The second-order valence-electron chi connectivity index (χ2n) is 6.30. The van der Waals surface area contributed by atoms with Crippen molar-refractivity contribution in [2.45, 2.75) is 13.8 Å². The molecular weight excluding hydrogens is 344 g/mol. The average molecular weight is 368 g/mol. The Bertz CT molecular complexity index is 811. The molecule has 0 spiro atoms. The normalized spacial score (nSPS) is 13.9. The highest BCUT2D eigenvalue weighted by atomic mass is 16.5. The highest BCUT2D eigenvalue weighted by Crippen LogP contribution is 2.22. The summed E-state index contributed by atoms with van der Waals surface area (Å²) >= 11 is 0. The molecule has 0 unspecified atom stereocenters. The molecule has 0 saturated carbocycles. The summed E-state index contributed by atoms with van der Waals surface area (Å²) in [5.41, 5.74) is 3.39. The molecule has 0 radical (unpaired) electrons. The van der Waals surface area contributed by atoms with Gasteiger partial charge in [-0.3, -0.25) is 4.79 Å². The Morgan fingerprint density at radius 3 is 2.48 bits per heavy atom. The van der Waals surface area contributed by atoms with Gasteiger partial charge in [-0.05, 0) is 55.8 Å². The summed E-state index contributed by atoms with van der Waals surface area (Å²) in [6.45, 7) is 7.01. The molecule has 6 heteroatoms. The van der Waals surface area contributed by atoms with E-state index in [0.717, 1.165) is 32.0 Å². The number of benzene rings is 2. The molecule has 3 rings (SSSR count). The van der Waals surface area contributed by atoms with E-state index in [1.807, 2.05) is 24.3 Å². The van der Waals surface area contributed by atoms with E-state index in [1.165, 1.54) is 0 Å². The third-order valence-electron chi connectivity index (χ3n) is 4.58. The van der Waals surface area contributed by atoms with E-state index in [4.69, 9.17) is 9.47 Å². The molecule has 0 aromatic heterocycles. The zero-order valence-corrected chi connectivity index (χ0v) is 15.7. The van der Waals surface area contributed by atoms with E-state index in [2.05, 4.69) is 10.2 Å². The molecule has 1 saturated heterocycles. The van der Waals surface area contributed by atoms with Crippen molar-refractivity contribution in [2.24, 2.45) is 0 Å². The highest BCUT2D eigenvalue weighted by molar-refractivity contribution is 6.05. The van der Waals surface area contributed by atoms with Crippen molar-refractivity contribution in [3.63, 3.8) is 0 Å². The van der Waals surface area contributed by atoms with Gasteiger partial charge in [0.1, 0.15) is 0 Å². The summed E-state index contributed by atoms with van der Waals surface area (Å²) in [7, 11) is 0. The lowest BCUT2D eigenvalue weighted by atomic mass is 10.1. The van der Waals surface area contributed by atoms with Crippen LogP contribution in [0.1, 0.15) is 33.2 Å². The number of hydrogen-bond donors (Lipinski definition) is 1. The Morgan fingerprint density at radius 1 is 1.11 bits per heavy atom. The SMILES string of the molecule is CCOC(=O)c1cccc(NC(=O)c2ccc(N3CCOCC3)cc2)c1C. The molecular formula is C21H24N2O4. The third-order valence-corrected chi connectivity index (χ3v) is 4.58. The second-order valence-corrected chi connectivity index (χ2v) is 6.30. The zero-order valence-electron chi connectivity index (χ0n) is 15.7. The maximum atomic E-state index is 12.6. The Balaban J connectivity index is 1.72. The number of anilines is 2. The molecule has 2 aromatic rings. The lowest BCUT2D eigenvalue weighted by Crippen LogP contribution is -2.36. The van der Waals surface area contributed by atoms with Crippen LogP contribution < -0.4 is 10.2 Å². The van der Waals surface area contributed by atoms with Gasteiger partial charge in [0.25, 0.3) is 5.91 Å². The van der Waals surface area contributed by atoms with Crippen LogP contribution in [0.3, 0.4) is 0 Å². The van der Waals surface area contributed by atoms with Gasteiger partial charge in [0, 0.05) is 30.0 Å². The fourth-order valence-electron chi connectivity index (χ4n) is 3.04. The molecule has 0 atom stereocenters. The first-order valence-electron chi connectivity index (χ1n) is 9.11. The quantitative estimate of drug-likeness (QED) is 0.821. The molecule has 27 heavy (non-hydrogen) atoms. The van der Waals surface area contributed by atoms with E-state index in [0.29, 0.717) is 29.0 Å². The first-order chi connectivity index (χ1) is 13.1. The van der Waals surface area contributed by atoms with Gasteiger partial charge in [0.15, 0.2) is 0 Å². The lowest BCUT2D eigenvalue weighted by Gasteiger charge is -2.28. The van der Waals surface area contributed by atoms with Crippen LogP contribution in [0.2, 0.25) is 0 Å². The fraction of sp³-hybridized carbons (Fsp3) is 0.333. The van der Waals surface area contributed by atoms with Crippen LogP contribution >= 0.6 is 0 Å². The van der Waals surface area contributed by atoms with Crippen molar-refractivity contribution in [1.29, 1.82) is 0 Å². The summed E-state index contributed by atoms with van der Waals surface area (Å²) in [4.78, 5) is 26.8. The molecule has 6 nitrogen and oxygen atoms in total. The molecule has 1 fully saturated rings. The van der Waals surface area contributed by atoms with Crippen molar-refractivity contribution in [3.05, 3.63) is 59.2 Å². The first kappa shape index (κ1) is 18.9. The Hall–Kier alpha value is -2.86. The van der Waals surface area contributed by atoms with Crippen LogP contribution in [0.5, 0.6) is 0 Å². The van der Waals surface area contributed by atoms with Crippen LogP contribution in [0.4, 0.5) is 11.4 Å². The Morgan fingerprint density at radius 2 is 1.81 bits per heavy atom. The van der Waals surface area contributed by atoms with Gasteiger partial charge in [-0.25, -0.2) is 4.79 Å². The number of nitrogens with one attached hydrogen (secondary N) is 1. The second kappa shape index (κ2) is 8.68. The minimum atomic E-state index is -0.388. The number of rotatable bonds is 5. The highest BCUT2D eigenvalue weighted by Gasteiger charge is 2.16. The van der Waals surface area contributed by atoms with Gasteiger partial charge in [-0.15, -0.1) is 0 Å². The van der Waals surface area contributed by atoms with Gasteiger partial charge in [0.2, 0.25) is 0 Å². The molecule has 1 amide bonds. The summed E-state index contributed by atoms with van der Waals surface area (Å²) in [5, 5.41) is 2.88. The van der Waals surface area contributed by atoms with Gasteiger partial charge >= 0.3 is 5.97 Å². The van der Waals surface area contributed by atoms with Gasteiger partial charge in [-0.2, -0.15) is 0 Å². The summed E-state index contributed by atoms with van der Waals surface area (Å²) < 4.78 is 10.4. The van der Waals surface area contributed by atoms with Gasteiger partial charge in [0.05, 0.1) is 25.4 Å². The van der Waals surface area contributed by atoms with E-state index >= 15 is 0 Å². The van der Waals surface area contributed by atoms with Crippen LogP contribution in [0, 0.1) is 6.92 Å². The topological polar surface area (TPSA) is 67.9 Å². The lowest BCUT2D eigenvalue weighted by molar-refractivity contribution is 0.0525. The predicted octanol–water partition coefficient (Wildman–Crippen LogP) is 3.26. The smallest absolute Gasteiger partial charge is 0.338 e. The maximum Gasteiger partial charge on any atom is 0.338 e. The Kier molecular flexibility index (Phi) is 6.08. The van der Waals surface area contributed by atoms with E-state index < -0.39 is 0 Å². The molecule has 0 aliphatic carbocycles. The van der Waals surface area contributed by atoms with Crippen LogP contribution in [0.25, 0.3) is 0 Å². The molecule has 142 valence electrons. The molecule has 1 aliphatic heterocycles. The molecule has 2 aromatic carbocycles. The van der Waals surface area contributed by atoms with Crippen molar-refractivity contribution in [3.8, 4) is 0 Å². The Labute approximate surface area is 159 Å². The number of carbonyl (C=O) groups excluding carboxylic acids is 2. The number of ether oxygens (including phenoxy) is 2. The van der Waals surface area contributed by atoms with Crippen molar-refractivity contribution < 1.29 is 19.1 Å². The number of esters is 1. The average Bonchev–Trinajstić information content (AvgIpc) is 2.70. The van der Waals surface area contributed by atoms with Crippen molar-refractivity contribution >= 4 is 23.3 Å². The number of hydrogen-bond acceptors (Lipinski definition) is 5. The predicted molar refractivity (Wildman–Crippen MR) is 105 cm³/mol. The molecule has 1 N–H and O–H groups in total. The van der Waals surface area contributed by atoms with Gasteiger partial charge < -0.3 is 19.7 Å². The standard InChI is InChI=1S/C21H24N2O4/c1-3-27-21(25)18-5-4-6-19(15(18)2)22-20(24)16-7-9-17(10-8-16)23-11-13-26-14-12-23/h4-10H,3,11-14H2,1-2H3,(H,22,24). The van der Waals surface area contributed by atoms with E-state index in [-0.39, 0.29) is 11.9 Å². The third kappa shape index (κ3) is 4.46. The maximum absolute atomic E-state index is 12.6. The van der Waals surface area contributed by atoms with E-state index in [1.54, 1.807) is 32.0 Å². The van der Waals surface area contributed by atoms with Crippen LogP contribution in [-0.4, -0.2) is 44.8 Å². The summed E-state index contributed by atoms with van der Waals surface area (Å²) in [6.07, 6.45) is 0. The van der Waals surface area contributed by atoms with E-state index in [9.17, 15) is 9.59 Å². The number of carbonyl (C=O) groups is 2. The van der Waals surface area contributed by atoms with Crippen LogP contribution in [-0.2, 0) is 9.47 Å². The molecule has 1 aliphatic rings. The minimum Gasteiger partial charge on any atom is -0.462 e. The number of morpholine rings is 1. The zero-order chi connectivity index (χ0) is 19.2. The summed E-state index contributed by atoms with van der Waals surface area (Å²) in [6, 6.07) is 12.7. The fourth-order valence-corrected chi connectivity index (χ4v) is 3.04. The first-order valence-corrected chi connectivity index (χ1v) is 9.11. The summed E-state index contributed by atoms with van der Waals surface area (Å²) in [5.74, 6) is -0.603. The number of amides is 1. The molecule has 1 heterocycles. The molecule has 0 bridgehead atoms.